The number of carbonyl (C=O) groups is 2. The van der Waals surface area contributed by atoms with E-state index in [1.54, 1.807) is 36.3 Å². The van der Waals surface area contributed by atoms with E-state index in [0.29, 0.717) is 18.2 Å². The number of methoxy groups -OCH3 is 1. The lowest BCUT2D eigenvalue weighted by atomic mass is 9.98. The molecular formula is C21H31N3O4. The minimum atomic E-state index is -0.204. The van der Waals surface area contributed by atoms with Gasteiger partial charge in [0.1, 0.15) is 5.75 Å². The Kier molecular flexibility index (Phi) is 7.14. The molecule has 1 aromatic rings. The SMILES string of the molecule is CCOC(=O)N1CCC(N2CCC[C@H](NC(=O)c3ccc(OC)cc3)C2)CC1. The second-order valence-corrected chi connectivity index (χ2v) is 7.45. The highest BCUT2D eigenvalue weighted by Crippen LogP contribution is 2.22. The summed E-state index contributed by atoms with van der Waals surface area (Å²) < 4.78 is 10.2. The van der Waals surface area contributed by atoms with Crippen LogP contribution in [0.2, 0.25) is 0 Å². The van der Waals surface area contributed by atoms with Gasteiger partial charge in [-0.05, 0) is 63.4 Å². The first kappa shape index (κ1) is 20.5. The second-order valence-electron chi connectivity index (χ2n) is 7.45. The minimum Gasteiger partial charge on any atom is -0.497 e. The normalized spacial score (nSPS) is 21.2. The molecule has 2 aliphatic heterocycles. The van der Waals surface area contributed by atoms with Crippen molar-refractivity contribution in [3.63, 3.8) is 0 Å². The van der Waals surface area contributed by atoms with Gasteiger partial charge in [-0.25, -0.2) is 4.79 Å². The van der Waals surface area contributed by atoms with Crippen LogP contribution in [0, 0.1) is 0 Å². The van der Waals surface area contributed by atoms with Gasteiger partial charge in [0.05, 0.1) is 13.7 Å². The number of nitrogens with one attached hydrogen (secondary N) is 1. The first-order valence-corrected chi connectivity index (χ1v) is 10.2. The van der Waals surface area contributed by atoms with Crippen LogP contribution in [0.3, 0.4) is 0 Å². The topological polar surface area (TPSA) is 71.1 Å². The molecule has 1 N–H and O–H groups in total. The summed E-state index contributed by atoms with van der Waals surface area (Å²) in [6.45, 7) is 5.65. The summed E-state index contributed by atoms with van der Waals surface area (Å²) in [7, 11) is 1.61. The molecule has 0 spiro atoms. The minimum absolute atomic E-state index is 0.0355. The monoisotopic (exact) mass is 389 g/mol. The Labute approximate surface area is 167 Å². The molecule has 2 saturated heterocycles. The van der Waals surface area contributed by atoms with E-state index < -0.39 is 0 Å². The van der Waals surface area contributed by atoms with Gasteiger partial charge in [-0.2, -0.15) is 0 Å². The van der Waals surface area contributed by atoms with Crippen molar-refractivity contribution in [3.8, 4) is 5.75 Å². The smallest absolute Gasteiger partial charge is 0.409 e. The molecule has 1 aromatic carbocycles. The molecule has 28 heavy (non-hydrogen) atoms. The molecule has 0 aliphatic carbocycles. The summed E-state index contributed by atoms with van der Waals surface area (Å²) in [5.74, 6) is 0.709. The van der Waals surface area contributed by atoms with E-state index in [-0.39, 0.29) is 18.0 Å². The van der Waals surface area contributed by atoms with Crippen LogP contribution in [-0.2, 0) is 4.74 Å². The van der Waals surface area contributed by atoms with Crippen LogP contribution in [0.15, 0.2) is 24.3 Å². The molecule has 2 fully saturated rings. The van der Waals surface area contributed by atoms with Crippen LogP contribution < -0.4 is 10.1 Å². The Morgan fingerprint density at radius 3 is 2.46 bits per heavy atom. The lowest BCUT2D eigenvalue weighted by Crippen LogP contribution is -2.54. The first-order valence-electron chi connectivity index (χ1n) is 10.2. The Morgan fingerprint density at radius 1 is 1.11 bits per heavy atom. The zero-order valence-corrected chi connectivity index (χ0v) is 16.9. The maximum atomic E-state index is 12.5. The van der Waals surface area contributed by atoms with Crippen molar-refractivity contribution in [3.05, 3.63) is 29.8 Å². The number of piperidine rings is 2. The summed E-state index contributed by atoms with van der Waals surface area (Å²) in [4.78, 5) is 28.7. The van der Waals surface area contributed by atoms with Crippen LogP contribution in [0.4, 0.5) is 4.79 Å². The Morgan fingerprint density at radius 2 is 1.82 bits per heavy atom. The molecule has 0 saturated carbocycles. The molecule has 0 radical (unpaired) electrons. The number of likely N-dealkylation sites (tertiary alicyclic amines) is 2. The molecule has 2 aliphatic rings. The van der Waals surface area contributed by atoms with Gasteiger partial charge in [0.2, 0.25) is 0 Å². The fourth-order valence-electron chi connectivity index (χ4n) is 4.10. The van der Waals surface area contributed by atoms with Crippen molar-refractivity contribution in [2.45, 2.75) is 44.7 Å². The van der Waals surface area contributed by atoms with Crippen molar-refractivity contribution in [2.75, 3.05) is 39.9 Å². The van der Waals surface area contributed by atoms with E-state index in [2.05, 4.69) is 10.2 Å². The van der Waals surface area contributed by atoms with Crippen LogP contribution in [0.25, 0.3) is 0 Å². The standard InChI is InChI=1S/C21H31N3O4/c1-3-28-21(26)23-13-10-18(11-14-23)24-12-4-5-17(15-24)22-20(25)16-6-8-19(27-2)9-7-16/h6-9,17-18H,3-5,10-15H2,1-2H3,(H,22,25)/t17-/m0/s1. The number of benzene rings is 1. The quantitative estimate of drug-likeness (QED) is 0.838. The number of rotatable bonds is 5. The molecule has 0 aromatic heterocycles. The number of hydrogen-bond acceptors (Lipinski definition) is 5. The zero-order valence-electron chi connectivity index (χ0n) is 16.9. The van der Waals surface area contributed by atoms with E-state index in [9.17, 15) is 9.59 Å². The zero-order chi connectivity index (χ0) is 19.9. The molecule has 3 rings (SSSR count). The predicted molar refractivity (Wildman–Crippen MR) is 107 cm³/mol. The van der Waals surface area contributed by atoms with Crippen LogP contribution in [-0.4, -0.2) is 73.8 Å². The summed E-state index contributed by atoms with van der Waals surface area (Å²) >= 11 is 0. The Hall–Kier alpha value is -2.28. The van der Waals surface area contributed by atoms with Gasteiger partial charge in [0.15, 0.2) is 0 Å². The van der Waals surface area contributed by atoms with Crippen molar-refractivity contribution < 1.29 is 19.1 Å². The van der Waals surface area contributed by atoms with Crippen molar-refractivity contribution in [1.29, 1.82) is 0 Å². The van der Waals surface area contributed by atoms with Crippen molar-refractivity contribution in [2.24, 2.45) is 0 Å². The highest BCUT2D eigenvalue weighted by atomic mass is 16.6. The highest BCUT2D eigenvalue weighted by molar-refractivity contribution is 5.94. The first-order chi connectivity index (χ1) is 13.6. The maximum Gasteiger partial charge on any atom is 0.409 e. The molecular weight excluding hydrogens is 358 g/mol. The fraction of sp³-hybridized carbons (Fsp3) is 0.619. The second kappa shape index (κ2) is 9.78. The number of nitrogens with zero attached hydrogens (tertiary/aromatic N) is 2. The van der Waals surface area contributed by atoms with Gasteiger partial charge < -0.3 is 19.7 Å². The van der Waals surface area contributed by atoms with Gasteiger partial charge in [-0.1, -0.05) is 0 Å². The average Bonchev–Trinajstić information content (AvgIpc) is 2.74. The molecule has 7 heteroatoms. The van der Waals surface area contributed by atoms with Gasteiger partial charge in [0.25, 0.3) is 5.91 Å². The van der Waals surface area contributed by atoms with Gasteiger partial charge in [-0.3, -0.25) is 9.69 Å². The Balaban J connectivity index is 1.49. The summed E-state index contributed by atoms with van der Waals surface area (Å²) in [5.41, 5.74) is 0.653. The van der Waals surface area contributed by atoms with Crippen molar-refractivity contribution >= 4 is 12.0 Å². The number of amides is 2. The van der Waals surface area contributed by atoms with E-state index in [1.165, 1.54) is 0 Å². The third-order valence-electron chi connectivity index (χ3n) is 5.65. The molecule has 2 heterocycles. The van der Waals surface area contributed by atoms with E-state index in [4.69, 9.17) is 9.47 Å². The average molecular weight is 389 g/mol. The largest absolute Gasteiger partial charge is 0.497 e. The molecule has 154 valence electrons. The maximum absolute atomic E-state index is 12.5. The van der Waals surface area contributed by atoms with E-state index >= 15 is 0 Å². The third kappa shape index (κ3) is 5.16. The molecule has 0 unspecified atom stereocenters. The summed E-state index contributed by atoms with van der Waals surface area (Å²) in [5, 5.41) is 3.18. The summed E-state index contributed by atoms with van der Waals surface area (Å²) in [6, 6.07) is 7.82. The van der Waals surface area contributed by atoms with Gasteiger partial charge >= 0.3 is 6.09 Å². The van der Waals surface area contributed by atoms with Crippen LogP contribution in [0.5, 0.6) is 5.75 Å². The van der Waals surface area contributed by atoms with Crippen LogP contribution >= 0.6 is 0 Å². The molecule has 2 amide bonds. The third-order valence-corrected chi connectivity index (χ3v) is 5.65. The number of ether oxygens (including phenoxy) is 2. The van der Waals surface area contributed by atoms with Gasteiger partial charge in [0, 0.05) is 37.3 Å². The highest BCUT2D eigenvalue weighted by Gasteiger charge is 2.31. The van der Waals surface area contributed by atoms with E-state index in [0.717, 1.165) is 57.6 Å². The van der Waals surface area contributed by atoms with Crippen LogP contribution in [0.1, 0.15) is 43.0 Å². The number of carbonyl (C=O) groups excluding carboxylic acids is 2. The van der Waals surface area contributed by atoms with Crippen molar-refractivity contribution in [1.82, 2.24) is 15.1 Å². The lowest BCUT2D eigenvalue weighted by Gasteiger charge is -2.42. The molecule has 1 atom stereocenters. The van der Waals surface area contributed by atoms with Gasteiger partial charge in [-0.15, -0.1) is 0 Å². The van der Waals surface area contributed by atoms with E-state index in [1.807, 2.05) is 6.92 Å². The lowest BCUT2D eigenvalue weighted by molar-refractivity contribution is 0.0601. The fourth-order valence-corrected chi connectivity index (χ4v) is 4.10. The molecule has 0 bridgehead atoms. The Bertz CT molecular complexity index is 656. The predicted octanol–water partition coefficient (Wildman–Crippen LogP) is 2.51. The number of hydrogen-bond donors (Lipinski definition) is 1. The summed E-state index contributed by atoms with van der Waals surface area (Å²) in [6.07, 6.45) is 3.78. The molecule has 7 nitrogen and oxygen atoms in total.